The monoisotopic (exact) mass is 534 g/mol. The van der Waals surface area contributed by atoms with Gasteiger partial charge in [0.2, 0.25) is 11.6 Å². The summed E-state index contributed by atoms with van der Waals surface area (Å²) in [6, 6.07) is 12.9. The van der Waals surface area contributed by atoms with Crippen LogP contribution >= 0.6 is 0 Å². The van der Waals surface area contributed by atoms with E-state index in [9.17, 15) is 14.9 Å². The van der Waals surface area contributed by atoms with Crippen molar-refractivity contribution in [1.29, 1.82) is 0 Å². The van der Waals surface area contributed by atoms with Gasteiger partial charge >= 0.3 is 0 Å². The second-order valence-electron chi connectivity index (χ2n) is 8.63. The lowest BCUT2D eigenvalue weighted by molar-refractivity contribution is -0.384. The van der Waals surface area contributed by atoms with E-state index < -0.39 is 10.8 Å². The number of rotatable bonds is 8. The van der Waals surface area contributed by atoms with Crippen LogP contribution in [0.3, 0.4) is 0 Å². The number of carbonyl (C=O) groups is 1. The lowest BCUT2D eigenvalue weighted by atomic mass is 10.1. The average molecular weight is 535 g/mol. The van der Waals surface area contributed by atoms with E-state index in [4.69, 9.17) is 23.4 Å². The summed E-state index contributed by atoms with van der Waals surface area (Å²) in [6.07, 6.45) is 0. The smallest absolute Gasteiger partial charge is 0.293 e. The lowest BCUT2D eigenvalue weighted by Crippen LogP contribution is -2.36. The third kappa shape index (κ3) is 5.14. The van der Waals surface area contributed by atoms with Gasteiger partial charge in [-0.3, -0.25) is 14.9 Å². The summed E-state index contributed by atoms with van der Waals surface area (Å²) >= 11 is 0. The highest BCUT2D eigenvalue weighted by Gasteiger charge is 2.24. The van der Waals surface area contributed by atoms with Crippen molar-refractivity contribution in [2.45, 2.75) is 0 Å². The van der Waals surface area contributed by atoms with E-state index in [2.05, 4.69) is 10.3 Å². The van der Waals surface area contributed by atoms with Crippen LogP contribution in [0.15, 0.2) is 52.9 Å². The van der Waals surface area contributed by atoms with Crippen molar-refractivity contribution in [3.05, 3.63) is 64.2 Å². The zero-order chi connectivity index (χ0) is 27.5. The largest absolute Gasteiger partial charge is 0.493 e. The first-order valence-corrected chi connectivity index (χ1v) is 12.0. The molecule has 1 amide bonds. The number of amides is 1. The number of nitro groups is 1. The van der Waals surface area contributed by atoms with Gasteiger partial charge in [0.15, 0.2) is 17.1 Å². The summed E-state index contributed by atoms with van der Waals surface area (Å²) in [5, 5.41) is 14.5. The molecule has 0 spiro atoms. The normalized spacial score (nSPS) is 13.3. The van der Waals surface area contributed by atoms with Crippen molar-refractivity contribution in [2.24, 2.45) is 0 Å². The summed E-state index contributed by atoms with van der Waals surface area (Å²) in [5.74, 6) is 1.19. The number of nitrogens with zero attached hydrogens (tertiary/aromatic N) is 3. The molecule has 0 bridgehead atoms. The number of nitrogens with one attached hydrogen (secondary N) is 1. The molecule has 1 aliphatic heterocycles. The van der Waals surface area contributed by atoms with E-state index in [1.54, 1.807) is 42.5 Å². The minimum Gasteiger partial charge on any atom is -0.493 e. The highest BCUT2D eigenvalue weighted by molar-refractivity contribution is 6.05. The fourth-order valence-electron chi connectivity index (χ4n) is 4.42. The minimum absolute atomic E-state index is 0.133. The highest BCUT2D eigenvalue weighted by Crippen LogP contribution is 2.41. The van der Waals surface area contributed by atoms with Crippen LogP contribution in [0.5, 0.6) is 17.2 Å². The molecule has 1 aliphatic rings. The van der Waals surface area contributed by atoms with Crippen LogP contribution in [-0.2, 0) is 4.74 Å². The van der Waals surface area contributed by atoms with Crippen molar-refractivity contribution in [2.75, 3.05) is 57.8 Å². The molecule has 3 aromatic carbocycles. The number of hydrogen-bond donors (Lipinski definition) is 1. The van der Waals surface area contributed by atoms with Crippen LogP contribution in [0.1, 0.15) is 10.4 Å². The Kier molecular flexibility index (Phi) is 7.19. The first-order valence-electron chi connectivity index (χ1n) is 12.0. The Bertz CT molecular complexity index is 1520. The molecular formula is C27H26N4O8. The predicted octanol–water partition coefficient (Wildman–Crippen LogP) is 4.52. The van der Waals surface area contributed by atoms with E-state index in [1.807, 2.05) is 4.90 Å². The molecule has 1 aromatic heterocycles. The van der Waals surface area contributed by atoms with E-state index >= 15 is 0 Å². The fraction of sp³-hybridized carbons (Fsp3) is 0.259. The number of nitro benzene ring substituents is 1. The summed E-state index contributed by atoms with van der Waals surface area (Å²) < 4.78 is 27.4. The summed E-state index contributed by atoms with van der Waals surface area (Å²) in [7, 11) is 4.56. The molecule has 12 heteroatoms. The van der Waals surface area contributed by atoms with Crippen molar-refractivity contribution in [3.8, 4) is 28.7 Å². The van der Waals surface area contributed by atoms with Crippen molar-refractivity contribution >= 4 is 34.1 Å². The Balaban J connectivity index is 1.40. The van der Waals surface area contributed by atoms with Gasteiger partial charge in [-0.05, 0) is 42.5 Å². The Morgan fingerprint density at radius 1 is 1.00 bits per heavy atom. The fourth-order valence-corrected chi connectivity index (χ4v) is 4.42. The maximum atomic E-state index is 13.0. The van der Waals surface area contributed by atoms with E-state index in [0.29, 0.717) is 77.5 Å². The van der Waals surface area contributed by atoms with Gasteiger partial charge in [0.1, 0.15) is 11.2 Å². The molecule has 2 heterocycles. The number of aromatic nitrogens is 1. The van der Waals surface area contributed by atoms with Crippen LogP contribution in [0.25, 0.3) is 22.6 Å². The number of benzene rings is 3. The summed E-state index contributed by atoms with van der Waals surface area (Å²) in [4.78, 5) is 30.7. The van der Waals surface area contributed by atoms with Crippen LogP contribution in [0.4, 0.5) is 17.1 Å². The third-order valence-corrected chi connectivity index (χ3v) is 6.34. The zero-order valence-electron chi connectivity index (χ0n) is 21.6. The molecule has 12 nitrogen and oxygen atoms in total. The molecule has 1 N–H and O–H groups in total. The molecule has 5 rings (SSSR count). The number of fused-ring (bicyclic) bond motifs is 1. The summed E-state index contributed by atoms with van der Waals surface area (Å²) in [5.41, 5.74) is 2.57. The quantitative estimate of drug-likeness (QED) is 0.254. The SMILES string of the molecule is COc1cc(-c2nc3cc(NC(=O)c4ccc(N5CCOCC5)c([N+](=O)[O-])c4)ccc3o2)cc(OC)c1OC. The Labute approximate surface area is 223 Å². The number of hydrogen-bond acceptors (Lipinski definition) is 10. The lowest BCUT2D eigenvalue weighted by Gasteiger charge is -2.28. The Morgan fingerprint density at radius 2 is 1.72 bits per heavy atom. The van der Waals surface area contributed by atoms with Gasteiger partial charge in [-0.2, -0.15) is 0 Å². The maximum absolute atomic E-state index is 13.0. The average Bonchev–Trinajstić information content (AvgIpc) is 3.40. The maximum Gasteiger partial charge on any atom is 0.293 e. The molecule has 39 heavy (non-hydrogen) atoms. The van der Waals surface area contributed by atoms with Gasteiger partial charge in [-0.1, -0.05) is 0 Å². The second kappa shape index (κ2) is 10.9. The molecule has 0 radical (unpaired) electrons. The first-order chi connectivity index (χ1) is 18.9. The van der Waals surface area contributed by atoms with E-state index in [0.717, 1.165) is 0 Å². The van der Waals surface area contributed by atoms with Crippen LogP contribution in [-0.4, -0.2) is 63.4 Å². The number of methoxy groups -OCH3 is 3. The van der Waals surface area contributed by atoms with Crippen molar-refractivity contribution in [3.63, 3.8) is 0 Å². The van der Waals surface area contributed by atoms with Crippen LogP contribution in [0, 0.1) is 10.1 Å². The van der Waals surface area contributed by atoms with Gasteiger partial charge in [0.05, 0.1) is 39.5 Å². The molecular weight excluding hydrogens is 508 g/mol. The van der Waals surface area contributed by atoms with Crippen molar-refractivity contribution in [1.82, 2.24) is 4.98 Å². The first kappa shape index (κ1) is 25.8. The number of oxazole rings is 1. The van der Waals surface area contributed by atoms with E-state index in [-0.39, 0.29) is 11.3 Å². The topological polar surface area (TPSA) is 138 Å². The number of carbonyl (C=O) groups excluding carboxylic acids is 1. The molecule has 0 unspecified atom stereocenters. The summed E-state index contributed by atoms with van der Waals surface area (Å²) in [6.45, 7) is 2.07. The van der Waals surface area contributed by atoms with Gasteiger partial charge < -0.3 is 33.6 Å². The zero-order valence-corrected chi connectivity index (χ0v) is 21.6. The standard InChI is InChI=1S/C27H26N4O8/c1-35-23-13-17(14-24(36-2)25(23)37-3)27-29-19-15-18(5-7-22(19)39-27)28-26(32)16-4-6-20(21(12-16)31(33)34)30-8-10-38-11-9-30/h4-7,12-15H,8-11H2,1-3H3,(H,28,32). The van der Waals surface area contributed by atoms with Crippen molar-refractivity contribution < 1.29 is 33.1 Å². The number of ether oxygens (including phenoxy) is 4. The molecule has 0 atom stereocenters. The van der Waals surface area contributed by atoms with Crippen LogP contribution < -0.4 is 24.4 Å². The van der Waals surface area contributed by atoms with Gasteiger partial charge in [-0.25, -0.2) is 4.98 Å². The van der Waals surface area contributed by atoms with Gasteiger partial charge in [0, 0.05) is 36.0 Å². The van der Waals surface area contributed by atoms with Gasteiger partial charge in [-0.15, -0.1) is 0 Å². The van der Waals surface area contributed by atoms with Crippen LogP contribution in [0.2, 0.25) is 0 Å². The molecule has 0 aliphatic carbocycles. The predicted molar refractivity (Wildman–Crippen MR) is 143 cm³/mol. The Morgan fingerprint density at radius 3 is 2.36 bits per heavy atom. The molecule has 4 aromatic rings. The molecule has 202 valence electrons. The van der Waals surface area contributed by atoms with E-state index in [1.165, 1.54) is 27.4 Å². The molecule has 1 saturated heterocycles. The van der Waals surface area contributed by atoms with Gasteiger partial charge in [0.25, 0.3) is 11.6 Å². The molecule has 0 saturated carbocycles. The highest BCUT2D eigenvalue weighted by atomic mass is 16.6. The molecule has 1 fully saturated rings. The Hall–Kier alpha value is -4.84. The third-order valence-electron chi connectivity index (χ3n) is 6.34. The second-order valence-corrected chi connectivity index (χ2v) is 8.63. The minimum atomic E-state index is -0.487. The number of anilines is 2. The number of morpholine rings is 1.